The van der Waals surface area contributed by atoms with Gasteiger partial charge in [0.15, 0.2) is 5.82 Å². The van der Waals surface area contributed by atoms with Crippen LogP contribution in [0, 0.1) is 0 Å². The highest BCUT2D eigenvalue weighted by molar-refractivity contribution is 5.92. The van der Waals surface area contributed by atoms with Gasteiger partial charge in [0.05, 0.1) is 31.6 Å². The van der Waals surface area contributed by atoms with Gasteiger partial charge >= 0.3 is 6.03 Å². The number of benzene rings is 1. The fourth-order valence-electron chi connectivity index (χ4n) is 4.36. The Balaban J connectivity index is 1.46. The Morgan fingerprint density at radius 2 is 1.86 bits per heavy atom. The molecule has 2 aromatic heterocycles. The number of hydrogen-bond acceptors (Lipinski definition) is 8. The lowest BCUT2D eigenvalue weighted by molar-refractivity contribution is 0.0725. The van der Waals surface area contributed by atoms with Gasteiger partial charge in [-0.25, -0.2) is 19.7 Å². The SMILES string of the molecule is CCNC(=O)Nc1ccc(-c2nc3c(c(N4CCOCC4)n2)CCN(C(=O)c2cnccn2)C3)cc1. The number of hydrogen-bond donors (Lipinski definition) is 2. The summed E-state index contributed by atoms with van der Waals surface area (Å²) in [5, 5.41) is 5.51. The molecule has 11 nitrogen and oxygen atoms in total. The number of nitrogens with one attached hydrogen (secondary N) is 2. The summed E-state index contributed by atoms with van der Waals surface area (Å²) in [6.45, 7) is 6.13. The first-order chi connectivity index (χ1) is 17.6. The highest BCUT2D eigenvalue weighted by Crippen LogP contribution is 2.31. The Kier molecular flexibility index (Phi) is 6.99. The molecule has 2 aliphatic heterocycles. The molecule has 0 atom stereocenters. The van der Waals surface area contributed by atoms with Crippen LogP contribution in [0.2, 0.25) is 0 Å². The summed E-state index contributed by atoms with van der Waals surface area (Å²) in [6, 6.07) is 7.17. The standard InChI is InChI=1S/C25H28N8O3/c1-2-27-25(35)29-18-5-3-17(4-6-18)22-30-21-16-33(24(34)20-15-26-8-9-28-20)10-7-19(21)23(31-22)32-11-13-36-14-12-32/h3-6,8-9,15H,2,7,10-14,16H2,1H3,(H2,27,29,35). The molecule has 0 aliphatic carbocycles. The molecule has 3 aromatic rings. The van der Waals surface area contributed by atoms with Crippen molar-refractivity contribution < 1.29 is 14.3 Å². The molecule has 0 unspecified atom stereocenters. The van der Waals surface area contributed by atoms with Crippen LogP contribution in [-0.2, 0) is 17.7 Å². The van der Waals surface area contributed by atoms with Crippen molar-refractivity contribution in [3.05, 3.63) is 59.8 Å². The van der Waals surface area contributed by atoms with Crippen molar-refractivity contribution in [1.82, 2.24) is 30.2 Å². The van der Waals surface area contributed by atoms with Crippen molar-refractivity contribution in [2.24, 2.45) is 0 Å². The van der Waals surface area contributed by atoms with Gasteiger partial charge < -0.3 is 25.2 Å². The molecule has 0 spiro atoms. The van der Waals surface area contributed by atoms with Gasteiger partial charge in [0.2, 0.25) is 0 Å². The largest absolute Gasteiger partial charge is 0.378 e. The predicted molar refractivity (Wildman–Crippen MR) is 134 cm³/mol. The average Bonchev–Trinajstić information content (AvgIpc) is 2.93. The fraction of sp³-hybridized carbons (Fsp3) is 0.360. The van der Waals surface area contributed by atoms with Gasteiger partial charge in [0.1, 0.15) is 11.5 Å². The highest BCUT2D eigenvalue weighted by atomic mass is 16.5. The minimum Gasteiger partial charge on any atom is -0.378 e. The van der Waals surface area contributed by atoms with Crippen molar-refractivity contribution in [1.29, 1.82) is 0 Å². The molecular formula is C25H28N8O3. The minimum absolute atomic E-state index is 0.164. The first kappa shape index (κ1) is 23.6. The van der Waals surface area contributed by atoms with E-state index in [1.807, 2.05) is 31.2 Å². The van der Waals surface area contributed by atoms with E-state index in [1.54, 1.807) is 11.1 Å². The smallest absolute Gasteiger partial charge is 0.319 e. The number of amides is 3. The second kappa shape index (κ2) is 10.6. The van der Waals surface area contributed by atoms with E-state index >= 15 is 0 Å². The summed E-state index contributed by atoms with van der Waals surface area (Å²) in [5.74, 6) is 1.31. The number of carbonyl (C=O) groups excluding carboxylic acids is 2. The summed E-state index contributed by atoms with van der Waals surface area (Å²) in [4.78, 5) is 46.9. The molecule has 1 aromatic carbocycles. The number of nitrogens with zero attached hydrogens (tertiary/aromatic N) is 6. The van der Waals surface area contributed by atoms with E-state index in [1.165, 1.54) is 12.4 Å². The van der Waals surface area contributed by atoms with Gasteiger partial charge in [0, 0.05) is 55.4 Å². The molecule has 4 heterocycles. The first-order valence-corrected chi connectivity index (χ1v) is 12.1. The highest BCUT2D eigenvalue weighted by Gasteiger charge is 2.29. The van der Waals surface area contributed by atoms with Crippen LogP contribution in [0.3, 0.4) is 0 Å². The van der Waals surface area contributed by atoms with Crippen molar-refractivity contribution >= 4 is 23.4 Å². The van der Waals surface area contributed by atoms with Gasteiger partial charge in [-0.1, -0.05) is 0 Å². The number of rotatable bonds is 5. The third-order valence-corrected chi connectivity index (χ3v) is 6.16. The van der Waals surface area contributed by atoms with Gasteiger partial charge in [-0.05, 0) is 37.6 Å². The van der Waals surface area contributed by atoms with Crippen LogP contribution in [0.25, 0.3) is 11.4 Å². The van der Waals surface area contributed by atoms with Crippen LogP contribution < -0.4 is 15.5 Å². The van der Waals surface area contributed by atoms with E-state index in [2.05, 4.69) is 25.5 Å². The zero-order valence-electron chi connectivity index (χ0n) is 20.1. The molecule has 0 saturated carbocycles. The summed E-state index contributed by atoms with van der Waals surface area (Å²) in [6.07, 6.45) is 5.21. The molecule has 36 heavy (non-hydrogen) atoms. The zero-order chi connectivity index (χ0) is 24.9. The van der Waals surface area contributed by atoms with Crippen molar-refractivity contribution in [3.63, 3.8) is 0 Å². The summed E-state index contributed by atoms with van der Waals surface area (Å²) in [5.41, 5.74) is 3.72. The number of aromatic nitrogens is 4. The summed E-state index contributed by atoms with van der Waals surface area (Å²) >= 11 is 0. The topological polar surface area (TPSA) is 125 Å². The van der Waals surface area contributed by atoms with Crippen LogP contribution in [0.1, 0.15) is 28.7 Å². The van der Waals surface area contributed by atoms with E-state index < -0.39 is 0 Å². The van der Waals surface area contributed by atoms with E-state index in [9.17, 15) is 9.59 Å². The summed E-state index contributed by atoms with van der Waals surface area (Å²) in [7, 11) is 0. The van der Waals surface area contributed by atoms with Crippen LogP contribution in [0.4, 0.5) is 16.3 Å². The van der Waals surface area contributed by atoms with Crippen LogP contribution >= 0.6 is 0 Å². The normalized spacial score (nSPS) is 15.2. The number of urea groups is 1. The van der Waals surface area contributed by atoms with E-state index in [0.29, 0.717) is 56.5 Å². The molecule has 11 heteroatoms. The molecule has 2 aliphatic rings. The zero-order valence-corrected chi connectivity index (χ0v) is 20.1. The Bertz CT molecular complexity index is 1230. The van der Waals surface area contributed by atoms with Crippen LogP contribution in [0.5, 0.6) is 0 Å². The van der Waals surface area contributed by atoms with Crippen LogP contribution in [-0.4, -0.2) is 76.2 Å². The third-order valence-electron chi connectivity index (χ3n) is 6.16. The van der Waals surface area contributed by atoms with Gasteiger partial charge in [-0.3, -0.25) is 9.78 Å². The molecule has 0 radical (unpaired) electrons. The molecule has 0 bridgehead atoms. The van der Waals surface area contributed by atoms with Crippen molar-refractivity contribution in [3.8, 4) is 11.4 Å². The maximum atomic E-state index is 13.0. The predicted octanol–water partition coefficient (Wildman–Crippen LogP) is 2.11. The Labute approximate surface area is 208 Å². The van der Waals surface area contributed by atoms with E-state index in [0.717, 1.165) is 35.7 Å². The van der Waals surface area contributed by atoms with Crippen LogP contribution in [0.15, 0.2) is 42.9 Å². The Morgan fingerprint density at radius 1 is 1.06 bits per heavy atom. The number of carbonyl (C=O) groups is 2. The number of fused-ring (bicyclic) bond motifs is 1. The molecule has 186 valence electrons. The molecule has 1 saturated heterocycles. The Morgan fingerprint density at radius 3 is 2.58 bits per heavy atom. The average molecular weight is 489 g/mol. The second-order valence-corrected chi connectivity index (χ2v) is 8.52. The number of morpholine rings is 1. The van der Waals surface area contributed by atoms with Crippen molar-refractivity contribution in [2.45, 2.75) is 19.9 Å². The van der Waals surface area contributed by atoms with Gasteiger partial charge in [0.25, 0.3) is 5.91 Å². The van der Waals surface area contributed by atoms with Gasteiger partial charge in [-0.2, -0.15) is 0 Å². The second-order valence-electron chi connectivity index (χ2n) is 8.52. The first-order valence-electron chi connectivity index (χ1n) is 12.1. The molecule has 2 N–H and O–H groups in total. The van der Waals surface area contributed by atoms with Crippen molar-refractivity contribution in [2.75, 3.05) is 49.6 Å². The van der Waals surface area contributed by atoms with E-state index in [-0.39, 0.29) is 11.9 Å². The van der Waals surface area contributed by atoms with Gasteiger partial charge in [-0.15, -0.1) is 0 Å². The fourth-order valence-corrected chi connectivity index (χ4v) is 4.36. The minimum atomic E-state index is -0.252. The monoisotopic (exact) mass is 488 g/mol. The molecule has 3 amide bonds. The lowest BCUT2D eigenvalue weighted by atomic mass is 10.0. The number of anilines is 2. The summed E-state index contributed by atoms with van der Waals surface area (Å²) < 4.78 is 5.55. The molecule has 5 rings (SSSR count). The molecular weight excluding hydrogens is 460 g/mol. The number of ether oxygens (including phenoxy) is 1. The maximum absolute atomic E-state index is 13.0. The third kappa shape index (κ3) is 5.10. The molecule has 1 fully saturated rings. The Hall–Kier alpha value is -4.12. The quantitative estimate of drug-likeness (QED) is 0.559. The lowest BCUT2D eigenvalue weighted by Gasteiger charge is -2.34. The lowest BCUT2D eigenvalue weighted by Crippen LogP contribution is -2.41. The van der Waals surface area contributed by atoms with E-state index in [4.69, 9.17) is 14.7 Å². The maximum Gasteiger partial charge on any atom is 0.319 e.